The number of Topliss-reactive ketones (excluding diaryl/α,β-unsaturated/α-hetero) is 1. The Kier molecular flexibility index (Phi) is 8.00. The minimum atomic E-state index is -0.387. The molecule has 0 bridgehead atoms. The Morgan fingerprint density at radius 3 is 2.26 bits per heavy atom. The summed E-state index contributed by atoms with van der Waals surface area (Å²) < 4.78 is 6.31. The van der Waals surface area contributed by atoms with Crippen molar-refractivity contribution in [1.82, 2.24) is 5.32 Å². The molecule has 2 N–H and O–H groups in total. The van der Waals surface area contributed by atoms with Crippen LogP contribution in [-0.4, -0.2) is 30.7 Å². The number of ketones is 1. The summed E-state index contributed by atoms with van der Waals surface area (Å²) in [6.07, 6.45) is 1.19. The first-order chi connectivity index (χ1) is 12.9. The van der Waals surface area contributed by atoms with E-state index in [2.05, 4.69) is 26.6 Å². The average Bonchev–Trinajstić information content (AvgIpc) is 2.65. The van der Waals surface area contributed by atoms with Gasteiger partial charge in [0.2, 0.25) is 5.91 Å². The molecule has 2 amide bonds. The molecule has 0 aliphatic rings. The lowest BCUT2D eigenvalue weighted by molar-refractivity contribution is -0.125. The Morgan fingerprint density at radius 2 is 1.63 bits per heavy atom. The molecule has 7 heteroatoms. The number of amides is 2. The monoisotopic (exact) mass is 432 g/mol. The highest BCUT2D eigenvalue weighted by atomic mass is 79.9. The van der Waals surface area contributed by atoms with Crippen molar-refractivity contribution in [1.29, 1.82) is 0 Å². The van der Waals surface area contributed by atoms with Gasteiger partial charge in [0.25, 0.3) is 5.91 Å². The molecule has 0 aromatic heterocycles. The van der Waals surface area contributed by atoms with Gasteiger partial charge >= 0.3 is 0 Å². The van der Waals surface area contributed by atoms with E-state index in [0.29, 0.717) is 24.3 Å². The van der Waals surface area contributed by atoms with Crippen molar-refractivity contribution in [3.63, 3.8) is 0 Å². The molecule has 0 radical (unpaired) electrons. The van der Waals surface area contributed by atoms with Gasteiger partial charge in [0, 0.05) is 16.6 Å². The van der Waals surface area contributed by atoms with Crippen LogP contribution in [0.2, 0.25) is 0 Å². The summed E-state index contributed by atoms with van der Waals surface area (Å²) in [4.78, 5) is 34.6. The molecule has 0 unspecified atom stereocenters. The van der Waals surface area contributed by atoms with E-state index in [9.17, 15) is 14.4 Å². The van der Waals surface area contributed by atoms with Crippen LogP contribution in [0.1, 0.15) is 18.9 Å². The zero-order valence-corrected chi connectivity index (χ0v) is 16.5. The molecule has 0 fully saturated rings. The second kappa shape index (κ2) is 10.5. The largest absolute Gasteiger partial charge is 0.484 e. The summed E-state index contributed by atoms with van der Waals surface area (Å²) in [5, 5.41) is 5.19. The van der Waals surface area contributed by atoms with Crippen LogP contribution >= 0.6 is 15.9 Å². The van der Waals surface area contributed by atoms with Crippen molar-refractivity contribution in [2.45, 2.75) is 19.8 Å². The average molecular weight is 433 g/mol. The molecule has 142 valence electrons. The molecule has 0 atom stereocenters. The lowest BCUT2D eigenvalue weighted by Crippen LogP contribution is -2.35. The van der Waals surface area contributed by atoms with Gasteiger partial charge in [-0.2, -0.15) is 0 Å². The molecule has 0 aliphatic heterocycles. The Labute approximate surface area is 166 Å². The highest BCUT2D eigenvalue weighted by Gasteiger charge is 2.07. The maximum Gasteiger partial charge on any atom is 0.258 e. The first kappa shape index (κ1) is 20.6. The zero-order valence-electron chi connectivity index (χ0n) is 15.0. The number of anilines is 1. The van der Waals surface area contributed by atoms with Crippen LogP contribution in [0.15, 0.2) is 53.0 Å². The van der Waals surface area contributed by atoms with Crippen LogP contribution in [0, 0.1) is 0 Å². The molecule has 2 rings (SSSR count). The molecule has 2 aromatic rings. The number of halogens is 1. The number of hydrogen-bond acceptors (Lipinski definition) is 4. The smallest absolute Gasteiger partial charge is 0.258 e. The fourth-order valence-corrected chi connectivity index (χ4v) is 2.45. The van der Waals surface area contributed by atoms with Gasteiger partial charge in [-0.3, -0.25) is 9.59 Å². The fourth-order valence-electron chi connectivity index (χ4n) is 2.19. The van der Waals surface area contributed by atoms with E-state index in [-0.39, 0.29) is 30.7 Å². The molecule has 27 heavy (non-hydrogen) atoms. The summed E-state index contributed by atoms with van der Waals surface area (Å²) in [7, 11) is 0. The minimum Gasteiger partial charge on any atom is -0.484 e. The van der Waals surface area contributed by atoms with Crippen molar-refractivity contribution in [2.24, 2.45) is 0 Å². The molecule has 0 saturated carbocycles. The van der Waals surface area contributed by atoms with Crippen LogP contribution in [0.25, 0.3) is 0 Å². The van der Waals surface area contributed by atoms with Gasteiger partial charge in [-0.15, -0.1) is 0 Å². The Hall–Kier alpha value is -2.67. The highest BCUT2D eigenvalue weighted by molar-refractivity contribution is 9.10. The number of ether oxygens (including phenoxy) is 1. The second-order valence-corrected chi connectivity index (χ2v) is 6.88. The number of aryl methyl sites for hydroxylation is 1. The van der Waals surface area contributed by atoms with Crippen molar-refractivity contribution in [2.75, 3.05) is 18.5 Å². The predicted molar refractivity (Wildman–Crippen MR) is 107 cm³/mol. The summed E-state index contributed by atoms with van der Waals surface area (Å²) in [5.74, 6) is -0.00526. The molecule has 2 aromatic carbocycles. The van der Waals surface area contributed by atoms with Crippen molar-refractivity contribution in [3.05, 3.63) is 58.6 Å². The van der Waals surface area contributed by atoms with Crippen molar-refractivity contribution < 1.29 is 19.1 Å². The lowest BCUT2D eigenvalue weighted by atomic mass is 10.1. The molecular formula is C20H21BrN2O4. The molecule has 0 spiro atoms. The van der Waals surface area contributed by atoms with Crippen LogP contribution in [0.5, 0.6) is 5.75 Å². The van der Waals surface area contributed by atoms with Crippen LogP contribution in [0.3, 0.4) is 0 Å². The third kappa shape index (κ3) is 8.04. The molecule has 0 aliphatic carbocycles. The third-order valence-electron chi connectivity index (χ3n) is 3.63. The highest BCUT2D eigenvalue weighted by Crippen LogP contribution is 2.14. The summed E-state index contributed by atoms with van der Waals surface area (Å²) in [6.45, 7) is 1.25. The molecule has 0 heterocycles. The Balaban J connectivity index is 1.68. The van der Waals surface area contributed by atoms with Crippen molar-refractivity contribution >= 4 is 39.2 Å². The molecule has 0 saturated heterocycles. The topological polar surface area (TPSA) is 84.5 Å². The van der Waals surface area contributed by atoms with Gasteiger partial charge in [-0.1, -0.05) is 28.1 Å². The van der Waals surface area contributed by atoms with E-state index in [1.807, 2.05) is 24.3 Å². The van der Waals surface area contributed by atoms with Crippen LogP contribution in [0.4, 0.5) is 5.69 Å². The van der Waals surface area contributed by atoms with E-state index < -0.39 is 0 Å². The Morgan fingerprint density at radius 1 is 0.963 bits per heavy atom. The SMILES string of the molecule is CC(=O)CCc1ccc(OCC(=O)NCC(=O)Nc2ccc(Br)cc2)cc1. The number of nitrogens with one attached hydrogen (secondary N) is 2. The second-order valence-electron chi connectivity index (χ2n) is 5.97. The quantitative estimate of drug-likeness (QED) is 0.637. The van der Waals surface area contributed by atoms with Gasteiger partial charge in [0.05, 0.1) is 6.54 Å². The lowest BCUT2D eigenvalue weighted by Gasteiger charge is -2.09. The maximum absolute atomic E-state index is 11.8. The van der Waals surface area contributed by atoms with Crippen molar-refractivity contribution in [3.8, 4) is 5.75 Å². The number of hydrogen-bond donors (Lipinski definition) is 2. The minimum absolute atomic E-state index is 0.137. The number of carbonyl (C=O) groups is 3. The van der Waals surface area contributed by atoms with Crippen LogP contribution < -0.4 is 15.4 Å². The van der Waals surface area contributed by atoms with Gasteiger partial charge < -0.3 is 20.2 Å². The van der Waals surface area contributed by atoms with E-state index in [4.69, 9.17) is 4.74 Å². The summed E-state index contributed by atoms with van der Waals surface area (Å²) in [5.41, 5.74) is 1.69. The standard InChI is InChI=1S/C20H21BrN2O4/c1-14(24)2-3-15-4-10-18(11-5-15)27-13-20(26)22-12-19(25)23-17-8-6-16(21)7-9-17/h4-11H,2-3,12-13H2,1H3,(H,22,26)(H,23,25). The number of carbonyl (C=O) groups excluding carboxylic acids is 3. The third-order valence-corrected chi connectivity index (χ3v) is 4.16. The van der Waals surface area contributed by atoms with Gasteiger partial charge in [-0.25, -0.2) is 0 Å². The van der Waals surface area contributed by atoms with E-state index >= 15 is 0 Å². The predicted octanol–water partition coefficient (Wildman–Crippen LogP) is 3.10. The van der Waals surface area contributed by atoms with Gasteiger partial charge in [0.15, 0.2) is 6.61 Å². The van der Waals surface area contributed by atoms with Gasteiger partial charge in [-0.05, 0) is 55.3 Å². The molecular weight excluding hydrogens is 412 g/mol. The normalized spacial score (nSPS) is 10.1. The summed E-state index contributed by atoms with van der Waals surface area (Å²) in [6, 6.07) is 14.4. The van der Waals surface area contributed by atoms with E-state index in [1.165, 1.54) is 0 Å². The number of benzene rings is 2. The first-order valence-electron chi connectivity index (χ1n) is 8.45. The van der Waals surface area contributed by atoms with E-state index in [0.717, 1.165) is 10.0 Å². The number of rotatable bonds is 9. The first-order valence-corrected chi connectivity index (χ1v) is 9.25. The summed E-state index contributed by atoms with van der Waals surface area (Å²) >= 11 is 3.32. The maximum atomic E-state index is 11.8. The Bertz CT molecular complexity index is 789. The molecule has 6 nitrogen and oxygen atoms in total. The fraction of sp³-hybridized carbons (Fsp3) is 0.250. The zero-order chi connectivity index (χ0) is 19.6. The van der Waals surface area contributed by atoms with Gasteiger partial charge in [0.1, 0.15) is 11.5 Å². The van der Waals surface area contributed by atoms with Crippen LogP contribution in [-0.2, 0) is 20.8 Å². The van der Waals surface area contributed by atoms with E-state index in [1.54, 1.807) is 31.2 Å².